The van der Waals surface area contributed by atoms with Crippen molar-refractivity contribution in [2.24, 2.45) is 0 Å². The quantitative estimate of drug-likeness (QED) is 0.939. The molecule has 0 heterocycles. The van der Waals surface area contributed by atoms with E-state index in [2.05, 4.69) is 0 Å². The number of hydrogen-bond donors (Lipinski definition) is 1. The van der Waals surface area contributed by atoms with Crippen LogP contribution in [-0.4, -0.2) is 25.7 Å². The minimum absolute atomic E-state index is 0.0189. The Kier molecular flexibility index (Phi) is 3.99. The monoisotopic (exact) mass is 306 g/mol. The highest BCUT2D eigenvalue weighted by Crippen LogP contribution is 2.28. The summed E-state index contributed by atoms with van der Waals surface area (Å²) in [6.45, 7) is 1.81. The van der Waals surface area contributed by atoms with Crippen molar-refractivity contribution >= 4 is 15.8 Å². The molecule has 2 aromatic rings. The largest absolute Gasteiger partial charge is 0.478 e. The van der Waals surface area contributed by atoms with Gasteiger partial charge in [0, 0.05) is 6.26 Å². The maximum atomic E-state index is 11.5. The van der Waals surface area contributed by atoms with E-state index in [0.29, 0.717) is 0 Å². The molecule has 2 aromatic carbocycles. The van der Waals surface area contributed by atoms with E-state index in [1.807, 2.05) is 6.92 Å². The van der Waals surface area contributed by atoms with Crippen LogP contribution in [0.4, 0.5) is 0 Å². The maximum absolute atomic E-state index is 11.5. The average Bonchev–Trinajstić information content (AvgIpc) is 2.37. The molecule has 0 aromatic heterocycles. The lowest BCUT2D eigenvalue weighted by atomic mass is 10.1. The molecular formula is C15H14O5S. The van der Waals surface area contributed by atoms with E-state index in [-0.39, 0.29) is 22.0 Å². The molecule has 5 nitrogen and oxygen atoms in total. The summed E-state index contributed by atoms with van der Waals surface area (Å²) < 4.78 is 28.6. The number of aryl methyl sites for hydroxylation is 1. The molecule has 0 bridgehead atoms. The minimum atomic E-state index is -3.35. The SMILES string of the molecule is Cc1ccc(C(=O)O)c(Oc2cccc(S(C)(=O)=O)c2)c1. The van der Waals surface area contributed by atoms with Crippen molar-refractivity contribution < 1.29 is 23.1 Å². The molecule has 1 N–H and O–H groups in total. The zero-order valence-corrected chi connectivity index (χ0v) is 12.3. The van der Waals surface area contributed by atoms with E-state index < -0.39 is 15.8 Å². The van der Waals surface area contributed by atoms with Gasteiger partial charge in [-0.3, -0.25) is 0 Å². The summed E-state index contributed by atoms with van der Waals surface area (Å²) in [6, 6.07) is 10.7. The van der Waals surface area contributed by atoms with E-state index in [9.17, 15) is 13.2 Å². The van der Waals surface area contributed by atoms with E-state index >= 15 is 0 Å². The van der Waals surface area contributed by atoms with Crippen LogP contribution in [-0.2, 0) is 9.84 Å². The van der Waals surface area contributed by atoms with Gasteiger partial charge in [0.15, 0.2) is 9.84 Å². The van der Waals surface area contributed by atoms with Crippen LogP contribution in [0.2, 0.25) is 0 Å². The van der Waals surface area contributed by atoms with Crippen LogP contribution in [0.5, 0.6) is 11.5 Å². The zero-order chi connectivity index (χ0) is 15.6. The van der Waals surface area contributed by atoms with Crippen LogP contribution in [0.25, 0.3) is 0 Å². The second-order valence-electron chi connectivity index (χ2n) is 4.65. The van der Waals surface area contributed by atoms with Gasteiger partial charge in [0.25, 0.3) is 0 Å². The van der Waals surface area contributed by atoms with Crippen molar-refractivity contribution in [2.75, 3.05) is 6.26 Å². The first-order chi connectivity index (χ1) is 9.77. The number of sulfone groups is 1. The Bertz CT molecular complexity index is 793. The number of carboxylic acids is 1. The fourth-order valence-corrected chi connectivity index (χ4v) is 2.44. The van der Waals surface area contributed by atoms with E-state index in [4.69, 9.17) is 9.84 Å². The summed E-state index contributed by atoms with van der Waals surface area (Å²) >= 11 is 0. The van der Waals surface area contributed by atoms with Gasteiger partial charge < -0.3 is 9.84 Å². The fourth-order valence-electron chi connectivity index (χ4n) is 1.79. The average molecular weight is 306 g/mol. The first kappa shape index (κ1) is 15.1. The number of aromatic carboxylic acids is 1. The van der Waals surface area contributed by atoms with E-state index in [1.165, 1.54) is 18.2 Å². The Balaban J connectivity index is 2.43. The van der Waals surface area contributed by atoms with Gasteiger partial charge in [-0.2, -0.15) is 0 Å². The van der Waals surface area contributed by atoms with Crippen molar-refractivity contribution in [3.05, 3.63) is 53.6 Å². The topological polar surface area (TPSA) is 80.7 Å². The number of benzene rings is 2. The number of carbonyl (C=O) groups is 1. The predicted octanol–water partition coefficient (Wildman–Crippen LogP) is 2.89. The van der Waals surface area contributed by atoms with Crippen molar-refractivity contribution in [1.82, 2.24) is 0 Å². The van der Waals surface area contributed by atoms with Crippen molar-refractivity contribution in [1.29, 1.82) is 0 Å². The van der Waals surface area contributed by atoms with Gasteiger partial charge in [0.05, 0.1) is 4.90 Å². The molecule has 110 valence electrons. The number of hydrogen-bond acceptors (Lipinski definition) is 4. The number of rotatable bonds is 4. The van der Waals surface area contributed by atoms with E-state index in [0.717, 1.165) is 11.8 Å². The van der Waals surface area contributed by atoms with Crippen LogP contribution in [0.15, 0.2) is 47.4 Å². The Labute approximate surface area is 122 Å². The molecule has 0 radical (unpaired) electrons. The molecule has 0 aliphatic heterocycles. The summed E-state index contributed by atoms with van der Waals surface area (Å²) in [6.07, 6.45) is 1.10. The number of carboxylic acid groups (broad SMARTS) is 1. The van der Waals surface area contributed by atoms with Crippen molar-refractivity contribution in [2.45, 2.75) is 11.8 Å². The third-order valence-electron chi connectivity index (χ3n) is 2.83. The van der Waals surface area contributed by atoms with E-state index in [1.54, 1.807) is 24.3 Å². The Morgan fingerprint density at radius 3 is 2.48 bits per heavy atom. The lowest BCUT2D eigenvalue weighted by molar-refractivity contribution is 0.0694. The third-order valence-corrected chi connectivity index (χ3v) is 3.94. The van der Waals surface area contributed by atoms with Crippen LogP contribution in [0.3, 0.4) is 0 Å². The maximum Gasteiger partial charge on any atom is 0.339 e. The Morgan fingerprint density at radius 1 is 1.14 bits per heavy atom. The smallest absolute Gasteiger partial charge is 0.339 e. The zero-order valence-electron chi connectivity index (χ0n) is 11.5. The normalized spacial score (nSPS) is 11.1. The molecule has 21 heavy (non-hydrogen) atoms. The van der Waals surface area contributed by atoms with Gasteiger partial charge in [-0.15, -0.1) is 0 Å². The molecule has 0 spiro atoms. The molecule has 0 aliphatic carbocycles. The van der Waals surface area contributed by atoms with Gasteiger partial charge in [0.1, 0.15) is 17.1 Å². The first-order valence-corrected chi connectivity index (χ1v) is 7.98. The van der Waals surface area contributed by atoms with Crippen LogP contribution in [0.1, 0.15) is 15.9 Å². The first-order valence-electron chi connectivity index (χ1n) is 6.09. The molecule has 0 saturated carbocycles. The lowest BCUT2D eigenvalue weighted by Crippen LogP contribution is -2.01. The lowest BCUT2D eigenvalue weighted by Gasteiger charge is -2.10. The minimum Gasteiger partial charge on any atom is -0.478 e. The fraction of sp³-hybridized carbons (Fsp3) is 0.133. The molecule has 0 amide bonds. The highest BCUT2D eigenvalue weighted by atomic mass is 32.2. The molecule has 0 fully saturated rings. The summed E-state index contributed by atoms with van der Waals surface area (Å²) in [5.74, 6) is -0.663. The summed E-state index contributed by atoms with van der Waals surface area (Å²) in [5, 5.41) is 9.14. The standard InChI is InChI=1S/C15H14O5S/c1-10-6-7-13(15(16)17)14(8-10)20-11-4-3-5-12(9-11)21(2,18)19/h3-9H,1-2H3,(H,16,17). The van der Waals surface area contributed by atoms with Gasteiger partial charge >= 0.3 is 5.97 Å². The Morgan fingerprint density at radius 2 is 1.86 bits per heavy atom. The van der Waals surface area contributed by atoms with Crippen LogP contribution >= 0.6 is 0 Å². The molecule has 0 unspecified atom stereocenters. The molecule has 0 atom stereocenters. The molecule has 0 aliphatic rings. The molecule has 2 rings (SSSR count). The molecule has 6 heteroatoms. The predicted molar refractivity (Wildman–Crippen MR) is 77.8 cm³/mol. The second-order valence-corrected chi connectivity index (χ2v) is 6.67. The Hall–Kier alpha value is -2.34. The highest BCUT2D eigenvalue weighted by molar-refractivity contribution is 7.90. The van der Waals surface area contributed by atoms with Crippen LogP contribution in [0, 0.1) is 6.92 Å². The number of ether oxygens (including phenoxy) is 1. The van der Waals surface area contributed by atoms with Gasteiger partial charge in [-0.25, -0.2) is 13.2 Å². The van der Waals surface area contributed by atoms with Crippen LogP contribution < -0.4 is 4.74 Å². The van der Waals surface area contributed by atoms with Gasteiger partial charge in [-0.05, 0) is 42.8 Å². The van der Waals surface area contributed by atoms with Gasteiger partial charge in [-0.1, -0.05) is 12.1 Å². The van der Waals surface area contributed by atoms with Crippen molar-refractivity contribution in [3.63, 3.8) is 0 Å². The van der Waals surface area contributed by atoms with Gasteiger partial charge in [0.2, 0.25) is 0 Å². The summed E-state index contributed by atoms with van der Waals surface area (Å²) in [5.41, 5.74) is 0.861. The molecule has 0 saturated heterocycles. The highest BCUT2D eigenvalue weighted by Gasteiger charge is 2.13. The second kappa shape index (κ2) is 5.57. The summed E-state index contributed by atoms with van der Waals surface area (Å²) in [4.78, 5) is 11.3. The van der Waals surface area contributed by atoms with Crippen molar-refractivity contribution in [3.8, 4) is 11.5 Å². The third kappa shape index (κ3) is 3.61. The molecular weight excluding hydrogens is 292 g/mol. The summed E-state index contributed by atoms with van der Waals surface area (Å²) in [7, 11) is -3.35.